The molecule has 2 heteroatoms. The van der Waals surface area contributed by atoms with Crippen LogP contribution in [0.5, 0.6) is 0 Å². The van der Waals surface area contributed by atoms with E-state index in [4.69, 9.17) is 0 Å². The minimum absolute atomic E-state index is 0.559. The molecule has 0 amide bonds. The first kappa shape index (κ1) is 14.3. The molecule has 0 aromatic carbocycles. The smallest absolute Gasteiger partial charge is 0.00702 e. The van der Waals surface area contributed by atoms with Crippen molar-refractivity contribution in [3.8, 4) is 0 Å². The molecular formula is C16H32N2. The molecule has 2 rings (SSSR count). The molecule has 2 aliphatic rings. The quantitative estimate of drug-likeness (QED) is 0.773. The fourth-order valence-electron chi connectivity index (χ4n) is 4.28. The van der Waals surface area contributed by atoms with Gasteiger partial charge in [0.1, 0.15) is 0 Å². The largest absolute Gasteiger partial charge is 0.319 e. The van der Waals surface area contributed by atoms with Crippen LogP contribution < -0.4 is 5.32 Å². The van der Waals surface area contributed by atoms with Crippen LogP contribution in [0.15, 0.2) is 0 Å². The van der Waals surface area contributed by atoms with E-state index in [0.717, 1.165) is 12.0 Å². The van der Waals surface area contributed by atoms with Crippen LogP contribution >= 0.6 is 0 Å². The number of nitrogens with one attached hydrogen (secondary N) is 1. The molecule has 1 N–H and O–H groups in total. The van der Waals surface area contributed by atoms with Gasteiger partial charge in [-0.05, 0) is 44.6 Å². The average Bonchev–Trinajstić information content (AvgIpc) is 2.53. The highest BCUT2D eigenvalue weighted by molar-refractivity contribution is 4.90. The first-order valence-electron chi connectivity index (χ1n) is 8.04. The Labute approximate surface area is 114 Å². The second kappa shape index (κ2) is 6.38. The van der Waals surface area contributed by atoms with Crippen molar-refractivity contribution in [3.05, 3.63) is 0 Å². The zero-order valence-corrected chi connectivity index (χ0v) is 12.7. The molecule has 0 aromatic rings. The fraction of sp³-hybridized carbons (Fsp3) is 1.00. The van der Waals surface area contributed by atoms with Gasteiger partial charge in [-0.1, -0.05) is 32.6 Å². The van der Waals surface area contributed by atoms with Crippen molar-refractivity contribution < 1.29 is 0 Å². The number of hydrogen-bond donors (Lipinski definition) is 1. The zero-order valence-electron chi connectivity index (χ0n) is 12.7. The van der Waals surface area contributed by atoms with Gasteiger partial charge in [-0.15, -0.1) is 0 Å². The van der Waals surface area contributed by atoms with Crippen molar-refractivity contribution in [2.75, 3.05) is 26.7 Å². The highest BCUT2D eigenvalue weighted by atomic mass is 15.2. The third kappa shape index (κ3) is 3.48. The van der Waals surface area contributed by atoms with Gasteiger partial charge in [-0.25, -0.2) is 0 Å². The molecule has 0 spiro atoms. The Balaban J connectivity index is 2.00. The maximum Gasteiger partial charge on any atom is 0.00702 e. The summed E-state index contributed by atoms with van der Waals surface area (Å²) in [6.45, 7) is 8.71. The van der Waals surface area contributed by atoms with Crippen LogP contribution in [0, 0.1) is 11.3 Å². The number of nitrogens with zero attached hydrogens (tertiary/aromatic N) is 1. The summed E-state index contributed by atoms with van der Waals surface area (Å²) < 4.78 is 0. The summed E-state index contributed by atoms with van der Waals surface area (Å²) in [4.78, 5) is 2.77. The Hall–Kier alpha value is -0.0800. The molecule has 0 bridgehead atoms. The number of hydrogen-bond acceptors (Lipinski definition) is 2. The molecule has 1 aliphatic carbocycles. The van der Waals surface area contributed by atoms with E-state index in [-0.39, 0.29) is 0 Å². The van der Waals surface area contributed by atoms with E-state index in [1.165, 1.54) is 64.6 Å². The topological polar surface area (TPSA) is 15.3 Å². The second-order valence-electron chi connectivity index (χ2n) is 7.06. The van der Waals surface area contributed by atoms with Crippen molar-refractivity contribution in [2.24, 2.45) is 11.3 Å². The summed E-state index contributed by atoms with van der Waals surface area (Å²) in [6.07, 6.45) is 10.1. The Morgan fingerprint density at radius 2 is 1.78 bits per heavy atom. The lowest BCUT2D eigenvalue weighted by molar-refractivity contribution is 0.123. The molecule has 2 atom stereocenters. The predicted molar refractivity (Wildman–Crippen MR) is 78.9 cm³/mol. The van der Waals surface area contributed by atoms with E-state index in [0.29, 0.717) is 5.41 Å². The standard InChI is InChI=1S/C16H32N2/c1-14-10-15(2)18(11-14)13-16(12-17-3)8-6-4-5-7-9-16/h14-15,17H,4-13H2,1-3H3. The zero-order chi connectivity index (χ0) is 13.0. The van der Waals surface area contributed by atoms with E-state index in [9.17, 15) is 0 Å². The molecule has 0 aromatic heterocycles. The minimum atomic E-state index is 0.559. The van der Waals surface area contributed by atoms with Crippen LogP contribution in [-0.2, 0) is 0 Å². The molecule has 1 saturated heterocycles. The van der Waals surface area contributed by atoms with E-state index in [1.54, 1.807) is 0 Å². The van der Waals surface area contributed by atoms with Gasteiger partial charge in [0.15, 0.2) is 0 Å². The first-order valence-corrected chi connectivity index (χ1v) is 8.04. The van der Waals surface area contributed by atoms with Gasteiger partial charge in [-0.2, -0.15) is 0 Å². The maximum atomic E-state index is 3.48. The first-order chi connectivity index (χ1) is 8.65. The lowest BCUT2D eigenvalue weighted by Crippen LogP contribution is -2.44. The van der Waals surface area contributed by atoms with Crippen LogP contribution in [0.25, 0.3) is 0 Å². The van der Waals surface area contributed by atoms with Gasteiger partial charge >= 0.3 is 0 Å². The molecular weight excluding hydrogens is 220 g/mol. The summed E-state index contributed by atoms with van der Waals surface area (Å²) in [6, 6.07) is 0.803. The summed E-state index contributed by atoms with van der Waals surface area (Å²) in [5.74, 6) is 0.900. The van der Waals surface area contributed by atoms with Crippen molar-refractivity contribution in [2.45, 2.75) is 64.8 Å². The fourth-order valence-corrected chi connectivity index (χ4v) is 4.28. The Bertz CT molecular complexity index is 243. The Kier molecular flexibility index (Phi) is 5.08. The summed E-state index contributed by atoms with van der Waals surface area (Å²) >= 11 is 0. The summed E-state index contributed by atoms with van der Waals surface area (Å²) in [5.41, 5.74) is 0.559. The molecule has 2 fully saturated rings. The normalized spacial score (nSPS) is 33.5. The molecule has 18 heavy (non-hydrogen) atoms. The van der Waals surface area contributed by atoms with Gasteiger partial charge in [0, 0.05) is 25.7 Å². The molecule has 1 aliphatic heterocycles. The number of rotatable bonds is 4. The molecule has 1 saturated carbocycles. The molecule has 106 valence electrons. The van der Waals surface area contributed by atoms with Gasteiger partial charge in [0.05, 0.1) is 0 Å². The van der Waals surface area contributed by atoms with E-state index in [1.807, 2.05) is 0 Å². The van der Waals surface area contributed by atoms with Crippen LogP contribution in [-0.4, -0.2) is 37.6 Å². The van der Waals surface area contributed by atoms with E-state index < -0.39 is 0 Å². The van der Waals surface area contributed by atoms with Crippen molar-refractivity contribution >= 4 is 0 Å². The second-order valence-corrected chi connectivity index (χ2v) is 7.06. The van der Waals surface area contributed by atoms with Crippen molar-refractivity contribution in [3.63, 3.8) is 0 Å². The SMILES string of the molecule is CNCC1(CN2CC(C)CC2C)CCCCCC1. The molecule has 1 heterocycles. The average molecular weight is 252 g/mol. The van der Waals surface area contributed by atoms with Crippen molar-refractivity contribution in [1.82, 2.24) is 10.2 Å². The van der Waals surface area contributed by atoms with Crippen LogP contribution in [0.4, 0.5) is 0 Å². The van der Waals surface area contributed by atoms with Crippen LogP contribution in [0.3, 0.4) is 0 Å². The predicted octanol–water partition coefficient (Wildman–Crippen LogP) is 3.28. The Morgan fingerprint density at radius 1 is 1.11 bits per heavy atom. The molecule has 0 radical (unpaired) electrons. The monoisotopic (exact) mass is 252 g/mol. The molecule has 2 unspecified atom stereocenters. The summed E-state index contributed by atoms with van der Waals surface area (Å²) in [5, 5.41) is 3.48. The highest BCUT2D eigenvalue weighted by Gasteiger charge is 2.36. The van der Waals surface area contributed by atoms with Crippen LogP contribution in [0.2, 0.25) is 0 Å². The maximum absolute atomic E-state index is 3.48. The summed E-state index contributed by atoms with van der Waals surface area (Å²) in [7, 11) is 2.13. The highest BCUT2D eigenvalue weighted by Crippen LogP contribution is 2.37. The molecule has 2 nitrogen and oxygen atoms in total. The lowest BCUT2D eigenvalue weighted by atomic mass is 9.79. The van der Waals surface area contributed by atoms with Gasteiger partial charge in [0.2, 0.25) is 0 Å². The van der Waals surface area contributed by atoms with E-state index >= 15 is 0 Å². The van der Waals surface area contributed by atoms with Gasteiger partial charge in [-0.3, -0.25) is 4.90 Å². The van der Waals surface area contributed by atoms with Crippen molar-refractivity contribution in [1.29, 1.82) is 0 Å². The third-order valence-electron chi connectivity index (χ3n) is 5.17. The van der Waals surface area contributed by atoms with Gasteiger partial charge < -0.3 is 5.32 Å². The van der Waals surface area contributed by atoms with Crippen LogP contribution in [0.1, 0.15) is 58.8 Å². The third-order valence-corrected chi connectivity index (χ3v) is 5.17. The lowest BCUT2D eigenvalue weighted by Gasteiger charge is -2.38. The van der Waals surface area contributed by atoms with E-state index in [2.05, 4.69) is 31.1 Å². The minimum Gasteiger partial charge on any atom is -0.319 e. The number of likely N-dealkylation sites (tertiary alicyclic amines) is 1. The van der Waals surface area contributed by atoms with Gasteiger partial charge in [0.25, 0.3) is 0 Å². The Morgan fingerprint density at radius 3 is 2.28 bits per heavy atom.